The predicted octanol–water partition coefficient (Wildman–Crippen LogP) is 4.29. The zero-order valence-corrected chi connectivity index (χ0v) is 20.3. The second kappa shape index (κ2) is 12.0. The number of methoxy groups -OCH3 is 3. The number of halogens is 1. The van der Waals surface area contributed by atoms with E-state index >= 15 is 0 Å². The molecule has 7 nitrogen and oxygen atoms in total. The van der Waals surface area contributed by atoms with E-state index in [1.807, 2.05) is 12.1 Å². The lowest BCUT2D eigenvalue weighted by Crippen LogP contribution is -2.46. The summed E-state index contributed by atoms with van der Waals surface area (Å²) >= 11 is 11.3. The molecular formula is C23H30ClN3O4S. The fraction of sp³-hybridized carbons (Fsp3) is 0.435. The Morgan fingerprint density at radius 3 is 2.16 bits per heavy atom. The average Bonchev–Trinajstić information content (AvgIpc) is 2.82. The Bertz CT molecular complexity index is 864. The number of piperazine rings is 1. The topological polar surface area (TPSA) is 55.4 Å². The molecule has 174 valence electrons. The number of ether oxygens (including phenoxy) is 4. The van der Waals surface area contributed by atoms with Gasteiger partial charge >= 0.3 is 0 Å². The fourth-order valence-electron chi connectivity index (χ4n) is 3.64. The maximum Gasteiger partial charge on any atom is 0.261 e. The minimum Gasteiger partial charge on any atom is -0.493 e. The molecule has 0 saturated carbocycles. The van der Waals surface area contributed by atoms with Crippen LogP contribution in [0.3, 0.4) is 0 Å². The van der Waals surface area contributed by atoms with Crippen LogP contribution in [-0.2, 0) is 4.74 Å². The Labute approximate surface area is 200 Å². The highest BCUT2D eigenvalue weighted by molar-refractivity contribution is 7.80. The summed E-state index contributed by atoms with van der Waals surface area (Å²) in [5, 5.41) is 4.15. The summed E-state index contributed by atoms with van der Waals surface area (Å²) in [7, 11) is 4.72. The van der Waals surface area contributed by atoms with Crippen molar-refractivity contribution in [2.75, 3.05) is 70.9 Å². The molecule has 0 aliphatic carbocycles. The number of hydrogen-bond acceptors (Lipinski definition) is 7. The van der Waals surface area contributed by atoms with Gasteiger partial charge in [-0.2, -0.15) is 0 Å². The second-order valence-corrected chi connectivity index (χ2v) is 8.14. The Morgan fingerprint density at radius 1 is 0.969 bits per heavy atom. The Balaban J connectivity index is 1.38. The molecule has 0 amide bonds. The molecule has 2 aromatic carbocycles. The molecule has 2 aromatic rings. The zero-order valence-electron chi connectivity index (χ0n) is 18.7. The van der Waals surface area contributed by atoms with Crippen molar-refractivity contribution < 1.29 is 18.9 Å². The third-order valence-corrected chi connectivity index (χ3v) is 5.80. The summed E-state index contributed by atoms with van der Waals surface area (Å²) in [6, 6.07) is 11.6. The van der Waals surface area contributed by atoms with E-state index < -0.39 is 0 Å². The fourth-order valence-corrected chi connectivity index (χ4v) is 3.97. The molecule has 0 spiro atoms. The zero-order chi connectivity index (χ0) is 22.9. The first kappa shape index (κ1) is 24.2. The van der Waals surface area contributed by atoms with Crippen LogP contribution in [0.15, 0.2) is 36.4 Å². The van der Waals surface area contributed by atoms with Gasteiger partial charge in [0.1, 0.15) is 0 Å². The van der Waals surface area contributed by atoms with Crippen LogP contribution in [0.2, 0.25) is 5.02 Å². The van der Waals surface area contributed by atoms with Crippen molar-refractivity contribution in [2.24, 2.45) is 0 Å². The van der Waals surface area contributed by atoms with Gasteiger partial charge in [-0.25, -0.2) is 0 Å². The van der Waals surface area contributed by atoms with Crippen molar-refractivity contribution in [1.29, 1.82) is 0 Å². The van der Waals surface area contributed by atoms with Gasteiger partial charge in [0.05, 0.1) is 27.9 Å². The van der Waals surface area contributed by atoms with Crippen molar-refractivity contribution in [3.8, 4) is 17.2 Å². The summed E-state index contributed by atoms with van der Waals surface area (Å²) in [6.45, 7) is 5.58. The Hall–Kier alpha value is -2.42. The minimum atomic E-state index is 0.312. The monoisotopic (exact) mass is 479 g/mol. The summed E-state index contributed by atoms with van der Waals surface area (Å²) < 4.78 is 21.8. The van der Waals surface area contributed by atoms with Gasteiger partial charge < -0.3 is 29.2 Å². The van der Waals surface area contributed by atoms with E-state index in [0.717, 1.165) is 44.2 Å². The Morgan fingerprint density at radius 2 is 1.59 bits per heavy atom. The van der Waals surface area contributed by atoms with Crippen molar-refractivity contribution in [1.82, 2.24) is 4.90 Å². The molecule has 1 N–H and O–H groups in total. The molecule has 1 aliphatic rings. The SMILES string of the molecule is COc1cc(NC(=S)OCCCN2CCN(c3ccc(Cl)cc3)CC2)cc(OC)c1OC. The van der Waals surface area contributed by atoms with Crippen LogP contribution in [0.25, 0.3) is 0 Å². The number of thiocarbonyl (C=S) groups is 1. The van der Waals surface area contributed by atoms with Gasteiger partial charge in [0, 0.05) is 61.3 Å². The highest BCUT2D eigenvalue weighted by atomic mass is 35.5. The van der Waals surface area contributed by atoms with Crippen LogP contribution in [0.1, 0.15) is 6.42 Å². The normalized spacial score (nSPS) is 14.1. The molecule has 9 heteroatoms. The molecule has 0 radical (unpaired) electrons. The Kier molecular flexibility index (Phi) is 9.08. The molecule has 1 aliphatic heterocycles. The molecule has 32 heavy (non-hydrogen) atoms. The van der Waals surface area contributed by atoms with Gasteiger partial charge in [-0.05, 0) is 42.9 Å². The molecule has 3 rings (SSSR count). The number of nitrogens with zero attached hydrogens (tertiary/aromatic N) is 2. The largest absolute Gasteiger partial charge is 0.493 e. The van der Waals surface area contributed by atoms with Crippen molar-refractivity contribution >= 4 is 40.4 Å². The first-order valence-electron chi connectivity index (χ1n) is 10.5. The van der Waals surface area contributed by atoms with E-state index in [-0.39, 0.29) is 0 Å². The van der Waals surface area contributed by atoms with Gasteiger partial charge in [-0.3, -0.25) is 4.90 Å². The first-order chi connectivity index (χ1) is 15.5. The highest BCUT2D eigenvalue weighted by Gasteiger charge is 2.17. The van der Waals surface area contributed by atoms with E-state index in [1.54, 1.807) is 33.5 Å². The molecule has 0 bridgehead atoms. The molecule has 0 atom stereocenters. The van der Waals surface area contributed by atoms with E-state index in [9.17, 15) is 0 Å². The van der Waals surface area contributed by atoms with Crippen molar-refractivity contribution in [2.45, 2.75) is 6.42 Å². The minimum absolute atomic E-state index is 0.312. The maximum atomic E-state index is 5.98. The van der Waals surface area contributed by atoms with Gasteiger partial charge in [0.2, 0.25) is 5.75 Å². The van der Waals surface area contributed by atoms with E-state index in [2.05, 4.69) is 27.2 Å². The van der Waals surface area contributed by atoms with Crippen molar-refractivity contribution in [3.63, 3.8) is 0 Å². The lowest BCUT2D eigenvalue weighted by Gasteiger charge is -2.36. The van der Waals surface area contributed by atoms with Crippen LogP contribution in [0, 0.1) is 0 Å². The van der Waals surface area contributed by atoms with Crippen LogP contribution >= 0.6 is 23.8 Å². The number of rotatable bonds is 9. The van der Waals surface area contributed by atoms with E-state index in [1.165, 1.54) is 5.69 Å². The molecule has 0 aromatic heterocycles. The summed E-state index contributed by atoms with van der Waals surface area (Å²) in [5.74, 6) is 1.63. The molecule has 1 fully saturated rings. The molecule has 1 heterocycles. The highest BCUT2D eigenvalue weighted by Crippen LogP contribution is 2.39. The number of nitrogens with one attached hydrogen (secondary N) is 1. The van der Waals surface area contributed by atoms with Crippen LogP contribution in [-0.4, -0.2) is 70.7 Å². The van der Waals surface area contributed by atoms with Crippen LogP contribution < -0.4 is 24.4 Å². The molecule has 1 saturated heterocycles. The lowest BCUT2D eigenvalue weighted by atomic mass is 10.2. The number of hydrogen-bond donors (Lipinski definition) is 1. The maximum absolute atomic E-state index is 5.98. The van der Waals surface area contributed by atoms with Gasteiger partial charge in [0.25, 0.3) is 5.17 Å². The van der Waals surface area contributed by atoms with E-state index in [4.69, 9.17) is 42.8 Å². The lowest BCUT2D eigenvalue weighted by molar-refractivity contribution is 0.222. The molecule has 0 unspecified atom stereocenters. The second-order valence-electron chi connectivity index (χ2n) is 7.33. The average molecular weight is 480 g/mol. The van der Waals surface area contributed by atoms with Gasteiger partial charge in [-0.1, -0.05) is 11.6 Å². The standard InChI is InChI=1S/C23H30ClN3O4S/c1-28-20-15-18(16-21(29-2)22(20)30-3)25-23(32)31-14-4-9-26-10-12-27(13-11-26)19-7-5-17(24)6-8-19/h5-8,15-16H,4,9-14H2,1-3H3,(H,25,32). The predicted molar refractivity (Wildman–Crippen MR) is 133 cm³/mol. The third-order valence-electron chi connectivity index (χ3n) is 5.33. The van der Waals surface area contributed by atoms with Gasteiger partial charge in [0.15, 0.2) is 11.5 Å². The first-order valence-corrected chi connectivity index (χ1v) is 11.3. The number of anilines is 2. The summed E-state index contributed by atoms with van der Waals surface area (Å²) in [6.07, 6.45) is 0.901. The van der Waals surface area contributed by atoms with Gasteiger partial charge in [-0.15, -0.1) is 0 Å². The smallest absolute Gasteiger partial charge is 0.261 e. The number of benzene rings is 2. The van der Waals surface area contributed by atoms with Crippen LogP contribution in [0.4, 0.5) is 11.4 Å². The van der Waals surface area contributed by atoms with E-state index in [0.29, 0.717) is 34.7 Å². The summed E-state index contributed by atoms with van der Waals surface area (Å²) in [5.41, 5.74) is 1.93. The van der Waals surface area contributed by atoms with Crippen LogP contribution in [0.5, 0.6) is 17.2 Å². The third kappa shape index (κ3) is 6.54. The molecular weight excluding hydrogens is 450 g/mol. The quantitative estimate of drug-likeness (QED) is 0.422. The van der Waals surface area contributed by atoms with Crippen molar-refractivity contribution in [3.05, 3.63) is 41.4 Å². The summed E-state index contributed by atoms with van der Waals surface area (Å²) in [4.78, 5) is 4.84.